The smallest absolute Gasteiger partial charge is 0.232 e. The third-order valence-corrected chi connectivity index (χ3v) is 11.5. The lowest BCUT2D eigenvalue weighted by molar-refractivity contribution is 0.211. The maximum absolute atomic E-state index is 13.6. The first-order valence-corrected chi connectivity index (χ1v) is 23.1. The summed E-state index contributed by atoms with van der Waals surface area (Å²) in [7, 11) is 0. The van der Waals surface area contributed by atoms with Gasteiger partial charge in [0.25, 0.3) is 0 Å². The van der Waals surface area contributed by atoms with Crippen molar-refractivity contribution < 1.29 is 17.6 Å². The monoisotopic (exact) mass is 954 g/mol. The molecular formula is C52H58F4N14. The van der Waals surface area contributed by atoms with E-state index in [1.165, 1.54) is 48.5 Å². The molecule has 2 saturated heterocycles. The molecule has 0 aliphatic carbocycles. The molecule has 6 aromatic rings. The summed E-state index contributed by atoms with van der Waals surface area (Å²) < 4.78 is 54.4. The Morgan fingerprint density at radius 3 is 0.814 bits per heavy atom. The first kappa shape index (κ1) is 50.2. The van der Waals surface area contributed by atoms with Gasteiger partial charge in [0.15, 0.2) is 0 Å². The van der Waals surface area contributed by atoms with Crippen molar-refractivity contribution in [3.05, 3.63) is 193 Å². The lowest BCUT2D eigenvalue weighted by Crippen LogP contribution is -2.48. The normalized spacial score (nSPS) is 14.1. The van der Waals surface area contributed by atoms with E-state index in [1.54, 1.807) is 72.8 Å². The summed E-state index contributed by atoms with van der Waals surface area (Å²) in [5.74, 6) is 1.91. The molecule has 14 nitrogen and oxygen atoms in total. The average Bonchev–Trinajstić information content (AvgIpc) is 3.39. The molecule has 8 rings (SSSR count). The number of hydrogen-bond donors (Lipinski definition) is 4. The molecule has 0 radical (unpaired) electrons. The number of nitrogens with zero attached hydrogens (tertiary/aromatic N) is 10. The molecule has 4 N–H and O–H groups in total. The summed E-state index contributed by atoms with van der Waals surface area (Å²) in [5, 5.41) is 12.5. The fourth-order valence-corrected chi connectivity index (χ4v) is 8.15. The molecule has 4 aromatic carbocycles. The zero-order valence-corrected chi connectivity index (χ0v) is 39.0. The highest BCUT2D eigenvalue weighted by Gasteiger charge is 2.30. The molecule has 2 fully saturated rings. The van der Waals surface area contributed by atoms with Crippen LogP contribution in [0.5, 0.6) is 0 Å². The zero-order chi connectivity index (χ0) is 49.2. The van der Waals surface area contributed by atoms with Gasteiger partial charge in [-0.05, 0) is 70.8 Å². The highest BCUT2D eigenvalue weighted by atomic mass is 19.1. The van der Waals surface area contributed by atoms with E-state index < -0.39 is 0 Å². The maximum atomic E-state index is 13.6. The van der Waals surface area contributed by atoms with Gasteiger partial charge < -0.3 is 31.1 Å². The van der Waals surface area contributed by atoms with Crippen molar-refractivity contribution in [3.8, 4) is 0 Å². The van der Waals surface area contributed by atoms with E-state index in [9.17, 15) is 17.6 Å². The van der Waals surface area contributed by atoms with Crippen LogP contribution in [0.3, 0.4) is 0 Å². The molecule has 0 amide bonds. The number of halogens is 4. The van der Waals surface area contributed by atoms with Gasteiger partial charge in [-0.1, -0.05) is 72.8 Å². The molecule has 0 spiro atoms. The number of aromatic nitrogens is 6. The average molecular weight is 955 g/mol. The van der Waals surface area contributed by atoms with Crippen molar-refractivity contribution in [2.45, 2.75) is 12.1 Å². The van der Waals surface area contributed by atoms with Crippen LogP contribution in [-0.4, -0.2) is 118 Å². The van der Waals surface area contributed by atoms with Crippen LogP contribution in [0.15, 0.2) is 148 Å². The Labute approximate surface area is 406 Å². The second-order valence-corrected chi connectivity index (χ2v) is 16.3. The minimum atomic E-state index is -0.284. The van der Waals surface area contributed by atoms with Gasteiger partial charge in [-0.2, -0.15) is 29.9 Å². The summed E-state index contributed by atoms with van der Waals surface area (Å²) in [6, 6.07) is 25.8. The lowest BCUT2D eigenvalue weighted by atomic mass is 9.96. The van der Waals surface area contributed by atoms with Crippen molar-refractivity contribution in [3.63, 3.8) is 0 Å². The second kappa shape index (κ2) is 25.1. The molecule has 0 saturated carbocycles. The van der Waals surface area contributed by atoms with Crippen LogP contribution in [0.2, 0.25) is 0 Å². The van der Waals surface area contributed by atoms with Crippen molar-refractivity contribution in [1.82, 2.24) is 39.7 Å². The van der Waals surface area contributed by atoms with Crippen LogP contribution in [0, 0.1) is 23.3 Å². The van der Waals surface area contributed by atoms with Crippen LogP contribution >= 0.6 is 0 Å². The van der Waals surface area contributed by atoms with Crippen molar-refractivity contribution in [1.29, 1.82) is 0 Å². The molecule has 70 heavy (non-hydrogen) atoms. The minimum absolute atomic E-state index is 0.119. The number of anilines is 6. The predicted molar refractivity (Wildman–Crippen MR) is 271 cm³/mol. The van der Waals surface area contributed by atoms with E-state index >= 15 is 0 Å². The summed E-state index contributed by atoms with van der Waals surface area (Å²) >= 11 is 0. The molecule has 2 aliphatic rings. The van der Waals surface area contributed by atoms with Crippen LogP contribution in [0.1, 0.15) is 34.3 Å². The number of nitrogens with one attached hydrogen (secondary N) is 4. The highest BCUT2D eigenvalue weighted by Crippen LogP contribution is 2.32. The zero-order valence-electron chi connectivity index (χ0n) is 39.0. The Morgan fingerprint density at radius 1 is 0.371 bits per heavy atom. The van der Waals surface area contributed by atoms with Gasteiger partial charge in [0.05, 0.1) is 12.1 Å². The summed E-state index contributed by atoms with van der Waals surface area (Å²) in [6.07, 6.45) is 6.96. The molecule has 0 unspecified atom stereocenters. The van der Waals surface area contributed by atoms with Gasteiger partial charge in [-0.25, -0.2) is 17.6 Å². The molecule has 0 bridgehead atoms. The molecule has 2 aromatic heterocycles. The van der Waals surface area contributed by atoms with E-state index in [-0.39, 0.29) is 35.4 Å². The van der Waals surface area contributed by atoms with Gasteiger partial charge in [0.1, 0.15) is 23.3 Å². The Bertz CT molecular complexity index is 2290. The Kier molecular flexibility index (Phi) is 18.0. The molecule has 4 heterocycles. The van der Waals surface area contributed by atoms with Crippen molar-refractivity contribution >= 4 is 35.7 Å². The topological polar surface area (TPSA) is 138 Å². The fourth-order valence-electron chi connectivity index (χ4n) is 8.15. The van der Waals surface area contributed by atoms with Gasteiger partial charge in [0.2, 0.25) is 35.7 Å². The number of rotatable bonds is 20. The summed E-state index contributed by atoms with van der Waals surface area (Å²) in [5.41, 5.74) is 3.83. The first-order chi connectivity index (χ1) is 34.1. The molecule has 364 valence electrons. The van der Waals surface area contributed by atoms with Crippen LogP contribution in [0.25, 0.3) is 0 Å². The third-order valence-electron chi connectivity index (χ3n) is 11.5. The van der Waals surface area contributed by atoms with E-state index in [2.05, 4.69) is 97.1 Å². The number of benzene rings is 4. The largest absolute Gasteiger partial charge is 0.351 e. The summed E-state index contributed by atoms with van der Waals surface area (Å²) in [6.45, 7) is 22.7. The molecule has 18 heteroatoms. The standard InChI is InChI=1S/2C26H29F2N7/c2*1-3-13-29-24-31-25(30-14-4-2)33-26(32-24)35-17-15-34(16-18-35)23(19-5-9-21(27)10-6-19)20-7-11-22(28)12-8-20/h2*3-12,23H,1-2,13-18H2,(H2,29,30,31,32,33). The predicted octanol–water partition coefficient (Wildman–Crippen LogP) is 8.51. The molecular weight excluding hydrogens is 897 g/mol. The molecule has 2 aliphatic heterocycles. The van der Waals surface area contributed by atoms with E-state index in [0.29, 0.717) is 88.0 Å². The van der Waals surface area contributed by atoms with Gasteiger partial charge in [-0.3, -0.25) is 9.80 Å². The van der Waals surface area contributed by atoms with Crippen molar-refractivity contribution in [2.24, 2.45) is 0 Å². The van der Waals surface area contributed by atoms with Gasteiger partial charge in [-0.15, -0.1) is 26.3 Å². The van der Waals surface area contributed by atoms with Crippen LogP contribution in [0.4, 0.5) is 53.3 Å². The Morgan fingerprint density at radius 2 is 0.600 bits per heavy atom. The third kappa shape index (κ3) is 13.7. The Balaban J connectivity index is 0.000000206. The second-order valence-electron chi connectivity index (χ2n) is 16.3. The van der Waals surface area contributed by atoms with E-state index in [4.69, 9.17) is 0 Å². The van der Waals surface area contributed by atoms with Gasteiger partial charge in [0, 0.05) is 78.5 Å². The van der Waals surface area contributed by atoms with Crippen molar-refractivity contribution in [2.75, 3.05) is 110 Å². The van der Waals surface area contributed by atoms with E-state index in [0.717, 1.165) is 48.4 Å². The lowest BCUT2D eigenvalue weighted by Gasteiger charge is -2.39. The molecule has 0 atom stereocenters. The quantitative estimate of drug-likeness (QED) is 0.0430. The minimum Gasteiger partial charge on any atom is -0.351 e. The van der Waals surface area contributed by atoms with Gasteiger partial charge >= 0.3 is 0 Å². The maximum Gasteiger partial charge on any atom is 0.232 e. The fraction of sp³-hybridized carbons (Fsp3) is 0.269. The van der Waals surface area contributed by atoms with Crippen LogP contribution in [-0.2, 0) is 0 Å². The van der Waals surface area contributed by atoms with E-state index in [1.807, 2.05) is 0 Å². The van der Waals surface area contributed by atoms with Crippen LogP contribution < -0.4 is 31.1 Å². The number of piperazine rings is 2. The SMILES string of the molecule is C=CCNc1nc(NCC=C)nc(N2CCN(C(c3ccc(F)cc3)c3ccc(F)cc3)CC2)n1.C=CCNc1nc(NCC=C)nc(N2CCN(C(c3ccc(F)cc3)c3ccc(F)cc3)CC2)n1. The highest BCUT2D eigenvalue weighted by molar-refractivity contribution is 5.47. The first-order valence-electron chi connectivity index (χ1n) is 23.1. The Hall–Kier alpha value is -7.70. The summed E-state index contributed by atoms with van der Waals surface area (Å²) in [4.78, 5) is 36.0. The number of hydrogen-bond acceptors (Lipinski definition) is 14.